The quantitative estimate of drug-likeness (QED) is 0.414. The molecule has 0 amide bonds. The number of alkyl halides is 2. The van der Waals surface area contributed by atoms with Crippen LogP contribution in [-0.4, -0.2) is 10.6 Å². The molecule has 0 radical (unpaired) electrons. The molecule has 0 saturated carbocycles. The second kappa shape index (κ2) is 7.01. The molecule has 2 rings (SSSR count). The van der Waals surface area contributed by atoms with E-state index in [1.807, 2.05) is 55.5 Å². The van der Waals surface area contributed by atoms with Crippen molar-refractivity contribution in [1.82, 2.24) is 0 Å². The normalized spacial score (nSPS) is 13.8. The molecule has 2 aromatic carbocycles. The van der Waals surface area contributed by atoms with Crippen LogP contribution < -0.4 is 0 Å². The Morgan fingerprint density at radius 3 is 2.30 bits per heavy atom. The molecule has 0 saturated heterocycles. The van der Waals surface area contributed by atoms with Gasteiger partial charge in [-0.25, -0.2) is 0 Å². The van der Waals surface area contributed by atoms with E-state index in [0.717, 1.165) is 21.2 Å². The van der Waals surface area contributed by atoms with E-state index in [1.54, 1.807) is 0 Å². The van der Waals surface area contributed by atoms with Crippen molar-refractivity contribution in [3.63, 3.8) is 0 Å². The zero-order valence-electron chi connectivity index (χ0n) is 10.8. The van der Waals surface area contributed by atoms with E-state index in [0.29, 0.717) is 0 Å². The summed E-state index contributed by atoms with van der Waals surface area (Å²) in [5.74, 6) is 0.0758. The first kappa shape index (κ1) is 15.9. The highest BCUT2D eigenvalue weighted by molar-refractivity contribution is 9.12. The molecule has 0 aliphatic carbocycles. The molecular weight excluding hydrogens is 448 g/mol. The molecular formula is C16H13Br3O. The first-order valence-corrected chi connectivity index (χ1v) is 8.76. The van der Waals surface area contributed by atoms with Crippen molar-refractivity contribution in [2.24, 2.45) is 0 Å². The highest BCUT2D eigenvalue weighted by atomic mass is 79.9. The van der Waals surface area contributed by atoms with E-state index >= 15 is 0 Å². The van der Waals surface area contributed by atoms with Gasteiger partial charge in [0.2, 0.25) is 0 Å². The van der Waals surface area contributed by atoms with Gasteiger partial charge >= 0.3 is 0 Å². The molecule has 1 nitrogen and oxygen atoms in total. The van der Waals surface area contributed by atoms with Gasteiger partial charge in [0.15, 0.2) is 5.78 Å². The predicted octanol–water partition coefficient (Wildman–Crippen LogP) is 5.84. The zero-order valence-corrected chi connectivity index (χ0v) is 15.6. The smallest absolute Gasteiger partial charge is 0.177 e. The topological polar surface area (TPSA) is 17.1 Å². The molecule has 0 spiro atoms. The molecule has 20 heavy (non-hydrogen) atoms. The lowest BCUT2D eigenvalue weighted by Crippen LogP contribution is -2.19. The van der Waals surface area contributed by atoms with Gasteiger partial charge in [-0.2, -0.15) is 0 Å². The maximum atomic E-state index is 12.5. The van der Waals surface area contributed by atoms with Crippen LogP contribution in [0.3, 0.4) is 0 Å². The SMILES string of the molecule is Cc1ccc(C(=O)C(Br)C(Br)c2cccc(Br)c2)cc1. The van der Waals surface area contributed by atoms with Gasteiger partial charge in [-0.15, -0.1) is 0 Å². The van der Waals surface area contributed by atoms with Crippen molar-refractivity contribution in [3.8, 4) is 0 Å². The summed E-state index contributed by atoms with van der Waals surface area (Å²) in [6, 6.07) is 15.6. The van der Waals surface area contributed by atoms with E-state index < -0.39 is 0 Å². The second-order valence-corrected chi connectivity index (χ2v) is 7.48. The molecule has 0 aliphatic rings. The van der Waals surface area contributed by atoms with Gasteiger partial charge in [-0.05, 0) is 24.6 Å². The summed E-state index contributed by atoms with van der Waals surface area (Å²) >= 11 is 10.6. The van der Waals surface area contributed by atoms with Crippen molar-refractivity contribution >= 4 is 53.6 Å². The second-order valence-electron chi connectivity index (χ2n) is 4.59. The Morgan fingerprint density at radius 2 is 1.70 bits per heavy atom. The lowest BCUT2D eigenvalue weighted by Gasteiger charge is -2.16. The largest absolute Gasteiger partial charge is 0.293 e. The Morgan fingerprint density at radius 1 is 1.05 bits per heavy atom. The minimum atomic E-state index is -0.306. The monoisotopic (exact) mass is 458 g/mol. The number of halogens is 3. The Kier molecular flexibility index (Phi) is 5.58. The van der Waals surface area contributed by atoms with Gasteiger partial charge in [0.1, 0.15) is 0 Å². The Labute approximate surface area is 144 Å². The number of hydrogen-bond acceptors (Lipinski definition) is 1. The number of aryl methyl sites for hydroxylation is 1. The van der Waals surface area contributed by atoms with E-state index in [4.69, 9.17) is 0 Å². The number of rotatable bonds is 4. The van der Waals surface area contributed by atoms with Crippen molar-refractivity contribution in [3.05, 3.63) is 69.7 Å². The van der Waals surface area contributed by atoms with Crippen LogP contribution in [0.4, 0.5) is 0 Å². The van der Waals surface area contributed by atoms with Crippen molar-refractivity contribution < 1.29 is 4.79 Å². The summed E-state index contributed by atoms with van der Waals surface area (Å²) in [6.07, 6.45) is 0. The van der Waals surface area contributed by atoms with E-state index in [-0.39, 0.29) is 15.4 Å². The van der Waals surface area contributed by atoms with Crippen LogP contribution in [0.5, 0.6) is 0 Å². The van der Waals surface area contributed by atoms with Gasteiger partial charge in [0.05, 0.1) is 9.65 Å². The molecule has 104 valence electrons. The number of carbonyl (C=O) groups excluding carboxylic acids is 1. The van der Waals surface area contributed by atoms with Gasteiger partial charge in [-0.1, -0.05) is 89.8 Å². The van der Waals surface area contributed by atoms with Crippen LogP contribution in [-0.2, 0) is 0 Å². The summed E-state index contributed by atoms with van der Waals surface area (Å²) in [6.45, 7) is 2.01. The third kappa shape index (κ3) is 3.80. The molecule has 0 aromatic heterocycles. The summed E-state index contributed by atoms with van der Waals surface area (Å²) in [5.41, 5.74) is 2.92. The minimum Gasteiger partial charge on any atom is -0.293 e. The molecule has 0 heterocycles. The zero-order chi connectivity index (χ0) is 14.7. The first-order chi connectivity index (χ1) is 9.49. The van der Waals surface area contributed by atoms with E-state index in [1.165, 1.54) is 0 Å². The molecule has 0 bridgehead atoms. The Bertz CT molecular complexity index is 607. The third-order valence-electron chi connectivity index (χ3n) is 3.01. The van der Waals surface area contributed by atoms with Crippen LogP contribution in [0, 0.1) is 6.92 Å². The number of benzene rings is 2. The fraction of sp³-hybridized carbons (Fsp3) is 0.188. The molecule has 2 aromatic rings. The highest BCUT2D eigenvalue weighted by Gasteiger charge is 2.26. The summed E-state index contributed by atoms with van der Waals surface area (Å²) < 4.78 is 1.00. The molecule has 0 N–H and O–H groups in total. The van der Waals surface area contributed by atoms with Crippen LogP contribution in [0.2, 0.25) is 0 Å². The van der Waals surface area contributed by atoms with Crippen LogP contribution >= 0.6 is 47.8 Å². The van der Waals surface area contributed by atoms with Gasteiger partial charge < -0.3 is 0 Å². The number of carbonyl (C=O) groups is 1. The highest BCUT2D eigenvalue weighted by Crippen LogP contribution is 2.34. The minimum absolute atomic E-state index is 0.0752. The fourth-order valence-electron chi connectivity index (χ4n) is 1.86. The Hall–Kier alpha value is -0.450. The molecule has 2 atom stereocenters. The van der Waals surface area contributed by atoms with Gasteiger partial charge in [0, 0.05) is 10.0 Å². The lowest BCUT2D eigenvalue weighted by molar-refractivity contribution is 0.0991. The lowest BCUT2D eigenvalue weighted by atomic mass is 10.0. The van der Waals surface area contributed by atoms with Crippen LogP contribution in [0.1, 0.15) is 26.3 Å². The summed E-state index contributed by atoms with van der Waals surface area (Å²) in [4.78, 5) is 12.1. The maximum Gasteiger partial charge on any atom is 0.177 e. The average molecular weight is 461 g/mol. The first-order valence-electron chi connectivity index (χ1n) is 6.13. The van der Waals surface area contributed by atoms with E-state index in [9.17, 15) is 4.79 Å². The van der Waals surface area contributed by atoms with Crippen molar-refractivity contribution in [1.29, 1.82) is 0 Å². The predicted molar refractivity (Wildman–Crippen MR) is 94.0 cm³/mol. The third-order valence-corrected chi connectivity index (χ3v) is 6.22. The van der Waals surface area contributed by atoms with Gasteiger partial charge in [0.25, 0.3) is 0 Å². The average Bonchev–Trinajstić information content (AvgIpc) is 2.46. The summed E-state index contributed by atoms with van der Waals surface area (Å²) in [7, 11) is 0. The molecule has 2 unspecified atom stereocenters. The fourth-order valence-corrected chi connectivity index (χ4v) is 3.37. The molecule has 0 aliphatic heterocycles. The van der Waals surface area contributed by atoms with E-state index in [2.05, 4.69) is 47.8 Å². The molecule has 4 heteroatoms. The van der Waals surface area contributed by atoms with Gasteiger partial charge in [-0.3, -0.25) is 4.79 Å². The number of hydrogen-bond donors (Lipinski definition) is 0. The van der Waals surface area contributed by atoms with Crippen molar-refractivity contribution in [2.45, 2.75) is 16.6 Å². The number of ketones is 1. The maximum absolute atomic E-state index is 12.5. The Balaban J connectivity index is 2.20. The van der Waals surface area contributed by atoms with Crippen LogP contribution in [0.25, 0.3) is 0 Å². The van der Waals surface area contributed by atoms with Crippen molar-refractivity contribution in [2.75, 3.05) is 0 Å². The number of Topliss-reactive ketones (excluding diaryl/α,β-unsaturated/α-hetero) is 1. The molecule has 0 fully saturated rings. The standard InChI is InChI=1S/C16H13Br3O/c1-10-5-7-11(8-6-10)16(20)15(19)14(18)12-3-2-4-13(17)9-12/h2-9,14-15H,1H3. The summed E-state index contributed by atoms with van der Waals surface area (Å²) in [5, 5.41) is 0. The van der Waals surface area contributed by atoms with Crippen LogP contribution in [0.15, 0.2) is 53.0 Å².